The molecule has 0 radical (unpaired) electrons. The summed E-state index contributed by atoms with van der Waals surface area (Å²) in [5, 5.41) is 2.11. The highest BCUT2D eigenvalue weighted by atomic mass is 32.1. The standard InChI is InChI=1S/C11H12N2S/c1-2-6-13-9(4-1)8-12-11(13)10-5-3-7-14-10/h3,5,7-8H,1-2,4,6H2. The topological polar surface area (TPSA) is 17.8 Å². The van der Waals surface area contributed by atoms with Gasteiger partial charge in [-0.15, -0.1) is 11.3 Å². The first-order valence-corrected chi connectivity index (χ1v) is 5.91. The van der Waals surface area contributed by atoms with E-state index < -0.39 is 0 Å². The van der Waals surface area contributed by atoms with Crippen LogP contribution < -0.4 is 0 Å². The molecule has 0 saturated heterocycles. The van der Waals surface area contributed by atoms with Crippen LogP contribution in [0.5, 0.6) is 0 Å². The summed E-state index contributed by atoms with van der Waals surface area (Å²) < 4.78 is 2.37. The van der Waals surface area contributed by atoms with E-state index in [1.54, 1.807) is 11.3 Å². The predicted molar refractivity (Wildman–Crippen MR) is 58.5 cm³/mol. The maximum absolute atomic E-state index is 4.51. The number of aromatic nitrogens is 2. The molecular formula is C11H12N2S. The summed E-state index contributed by atoms with van der Waals surface area (Å²) in [5.41, 5.74) is 1.40. The third kappa shape index (κ3) is 1.20. The van der Waals surface area contributed by atoms with Gasteiger partial charge in [-0.05, 0) is 30.7 Å². The minimum atomic E-state index is 1.14. The van der Waals surface area contributed by atoms with Crippen LogP contribution >= 0.6 is 11.3 Å². The Morgan fingerprint density at radius 2 is 2.36 bits per heavy atom. The van der Waals surface area contributed by atoms with Crippen LogP contribution in [0.1, 0.15) is 18.5 Å². The van der Waals surface area contributed by atoms with E-state index in [1.165, 1.54) is 29.8 Å². The van der Waals surface area contributed by atoms with Gasteiger partial charge in [0.05, 0.1) is 4.88 Å². The molecule has 3 heterocycles. The molecule has 3 heteroatoms. The number of hydrogen-bond acceptors (Lipinski definition) is 2. The van der Waals surface area contributed by atoms with Crippen LogP contribution in [0, 0.1) is 0 Å². The van der Waals surface area contributed by atoms with Crippen LogP contribution in [0.2, 0.25) is 0 Å². The van der Waals surface area contributed by atoms with Gasteiger partial charge in [0.2, 0.25) is 0 Å². The molecule has 2 aromatic rings. The summed E-state index contributed by atoms with van der Waals surface area (Å²) in [5.74, 6) is 1.16. The van der Waals surface area contributed by atoms with Crippen molar-refractivity contribution in [3.05, 3.63) is 29.4 Å². The molecule has 0 atom stereocenters. The summed E-state index contributed by atoms with van der Waals surface area (Å²) in [6.45, 7) is 1.14. The second-order valence-corrected chi connectivity index (χ2v) is 4.61. The average molecular weight is 204 g/mol. The quantitative estimate of drug-likeness (QED) is 0.698. The molecule has 1 aliphatic heterocycles. The molecule has 2 nitrogen and oxygen atoms in total. The average Bonchev–Trinajstić information content (AvgIpc) is 2.85. The van der Waals surface area contributed by atoms with Crippen molar-refractivity contribution in [2.45, 2.75) is 25.8 Å². The van der Waals surface area contributed by atoms with Gasteiger partial charge in [0, 0.05) is 18.4 Å². The van der Waals surface area contributed by atoms with E-state index in [4.69, 9.17) is 0 Å². The maximum atomic E-state index is 4.51. The van der Waals surface area contributed by atoms with Gasteiger partial charge in [0.15, 0.2) is 0 Å². The van der Waals surface area contributed by atoms with Crippen LogP contribution in [0.25, 0.3) is 10.7 Å². The van der Waals surface area contributed by atoms with Gasteiger partial charge in [0.25, 0.3) is 0 Å². The molecule has 72 valence electrons. The Balaban J connectivity index is 2.11. The Kier molecular flexibility index (Phi) is 1.91. The minimum absolute atomic E-state index is 1.14. The first-order valence-electron chi connectivity index (χ1n) is 5.03. The van der Waals surface area contributed by atoms with Crippen molar-refractivity contribution in [2.75, 3.05) is 0 Å². The van der Waals surface area contributed by atoms with Crippen molar-refractivity contribution in [1.29, 1.82) is 0 Å². The Morgan fingerprint density at radius 1 is 1.36 bits per heavy atom. The third-order valence-electron chi connectivity index (χ3n) is 2.74. The number of nitrogens with zero attached hydrogens (tertiary/aromatic N) is 2. The third-order valence-corrected chi connectivity index (χ3v) is 3.61. The van der Waals surface area contributed by atoms with Crippen LogP contribution in [-0.2, 0) is 13.0 Å². The SMILES string of the molecule is c1csc(-c2ncc3n2CCCC3)c1. The van der Waals surface area contributed by atoms with Gasteiger partial charge in [0.1, 0.15) is 5.82 Å². The molecule has 0 aliphatic carbocycles. The molecule has 3 rings (SSSR count). The molecule has 0 N–H and O–H groups in total. The Hall–Kier alpha value is -1.09. The molecule has 0 aromatic carbocycles. The van der Waals surface area contributed by atoms with E-state index in [0.717, 1.165) is 12.4 Å². The lowest BCUT2D eigenvalue weighted by molar-refractivity contribution is 0.537. The molecule has 0 unspecified atom stereocenters. The van der Waals surface area contributed by atoms with E-state index in [2.05, 4.69) is 27.1 Å². The van der Waals surface area contributed by atoms with Gasteiger partial charge >= 0.3 is 0 Å². The molecular weight excluding hydrogens is 192 g/mol. The highest BCUT2D eigenvalue weighted by Gasteiger charge is 2.15. The highest BCUT2D eigenvalue weighted by molar-refractivity contribution is 7.13. The molecule has 0 fully saturated rings. The second-order valence-electron chi connectivity index (χ2n) is 3.66. The van der Waals surface area contributed by atoms with E-state index in [1.807, 2.05) is 6.20 Å². The maximum Gasteiger partial charge on any atom is 0.150 e. The van der Waals surface area contributed by atoms with Crippen molar-refractivity contribution >= 4 is 11.3 Å². The fraction of sp³-hybridized carbons (Fsp3) is 0.364. The Labute approximate surface area is 87.2 Å². The van der Waals surface area contributed by atoms with Gasteiger partial charge < -0.3 is 4.57 Å². The van der Waals surface area contributed by atoms with Gasteiger partial charge in [-0.1, -0.05) is 6.07 Å². The van der Waals surface area contributed by atoms with E-state index in [0.29, 0.717) is 0 Å². The largest absolute Gasteiger partial charge is 0.327 e. The van der Waals surface area contributed by atoms with Crippen molar-refractivity contribution in [3.8, 4) is 10.7 Å². The van der Waals surface area contributed by atoms with Crippen molar-refractivity contribution < 1.29 is 0 Å². The first kappa shape index (κ1) is 8.24. The van der Waals surface area contributed by atoms with Crippen molar-refractivity contribution in [3.63, 3.8) is 0 Å². The molecule has 0 bridgehead atoms. The summed E-state index contributed by atoms with van der Waals surface area (Å²) >= 11 is 1.77. The van der Waals surface area contributed by atoms with Gasteiger partial charge in [-0.2, -0.15) is 0 Å². The Morgan fingerprint density at radius 3 is 3.21 bits per heavy atom. The van der Waals surface area contributed by atoms with Crippen LogP contribution in [0.15, 0.2) is 23.7 Å². The van der Waals surface area contributed by atoms with Crippen LogP contribution in [0.3, 0.4) is 0 Å². The zero-order valence-corrected chi connectivity index (χ0v) is 8.76. The van der Waals surface area contributed by atoms with E-state index in [-0.39, 0.29) is 0 Å². The molecule has 1 aliphatic rings. The zero-order chi connectivity index (χ0) is 9.38. The number of fused-ring (bicyclic) bond motifs is 1. The number of thiophene rings is 1. The van der Waals surface area contributed by atoms with Gasteiger partial charge in [-0.3, -0.25) is 0 Å². The Bertz CT molecular complexity index is 428. The van der Waals surface area contributed by atoms with E-state index >= 15 is 0 Å². The molecule has 14 heavy (non-hydrogen) atoms. The summed E-state index contributed by atoms with van der Waals surface area (Å²) in [4.78, 5) is 5.80. The lowest BCUT2D eigenvalue weighted by Gasteiger charge is -2.15. The number of rotatable bonds is 1. The lowest BCUT2D eigenvalue weighted by Crippen LogP contribution is -2.10. The normalized spacial score (nSPS) is 15.4. The molecule has 0 saturated carbocycles. The predicted octanol–water partition coefficient (Wildman–Crippen LogP) is 2.95. The van der Waals surface area contributed by atoms with Crippen LogP contribution in [-0.4, -0.2) is 9.55 Å². The number of hydrogen-bond donors (Lipinski definition) is 0. The lowest BCUT2D eigenvalue weighted by atomic mass is 10.1. The highest BCUT2D eigenvalue weighted by Crippen LogP contribution is 2.27. The zero-order valence-electron chi connectivity index (χ0n) is 7.94. The minimum Gasteiger partial charge on any atom is -0.327 e. The number of imidazole rings is 1. The first-order chi connectivity index (χ1) is 6.95. The van der Waals surface area contributed by atoms with Crippen molar-refractivity contribution in [2.24, 2.45) is 0 Å². The van der Waals surface area contributed by atoms with Crippen LogP contribution in [0.4, 0.5) is 0 Å². The number of aryl methyl sites for hydroxylation is 1. The fourth-order valence-corrected chi connectivity index (χ4v) is 2.77. The summed E-state index contributed by atoms with van der Waals surface area (Å²) in [6.07, 6.45) is 5.84. The summed E-state index contributed by atoms with van der Waals surface area (Å²) in [7, 11) is 0. The molecule has 2 aromatic heterocycles. The molecule has 0 amide bonds. The smallest absolute Gasteiger partial charge is 0.150 e. The monoisotopic (exact) mass is 204 g/mol. The van der Waals surface area contributed by atoms with E-state index in [9.17, 15) is 0 Å². The molecule has 0 spiro atoms. The van der Waals surface area contributed by atoms with Crippen molar-refractivity contribution in [1.82, 2.24) is 9.55 Å². The summed E-state index contributed by atoms with van der Waals surface area (Å²) in [6, 6.07) is 4.24. The second kappa shape index (κ2) is 3.24. The van der Waals surface area contributed by atoms with Gasteiger partial charge in [-0.25, -0.2) is 4.98 Å². The fourth-order valence-electron chi connectivity index (χ4n) is 2.04.